The molecule has 0 spiro atoms. The van der Waals surface area contributed by atoms with Gasteiger partial charge in [0.15, 0.2) is 0 Å². The van der Waals surface area contributed by atoms with Crippen LogP contribution in [-0.2, 0) is 4.74 Å². The minimum absolute atomic E-state index is 0.0665. The quantitative estimate of drug-likeness (QED) is 0.850. The largest absolute Gasteiger partial charge is 0.462 e. The van der Waals surface area contributed by atoms with E-state index in [1.807, 2.05) is 24.4 Å². The summed E-state index contributed by atoms with van der Waals surface area (Å²) in [5, 5.41) is 6.24. The molecule has 2 rings (SSSR count). The Hall–Kier alpha value is -1.66. The molecule has 2 aromatic rings. The highest BCUT2D eigenvalue weighted by atomic mass is 32.1. The first-order chi connectivity index (χ1) is 9.13. The van der Waals surface area contributed by atoms with Gasteiger partial charge in [-0.25, -0.2) is 4.79 Å². The van der Waals surface area contributed by atoms with Gasteiger partial charge in [-0.05, 0) is 25.3 Å². The molecule has 0 aliphatic rings. The van der Waals surface area contributed by atoms with Gasteiger partial charge in [-0.2, -0.15) is 5.10 Å². The average Bonchev–Trinajstić information content (AvgIpc) is 3.00. The number of nitrogens with two attached hydrogens (primary N) is 1. The highest BCUT2D eigenvalue weighted by Gasteiger charge is 2.21. The Morgan fingerprint density at radius 1 is 1.63 bits per heavy atom. The molecular formula is C13H17N3O2S. The maximum Gasteiger partial charge on any atom is 0.341 e. The number of nitrogens with zero attached hydrogens (tertiary/aromatic N) is 2. The molecule has 0 bridgehead atoms. The van der Waals surface area contributed by atoms with E-state index in [9.17, 15) is 4.79 Å². The molecule has 6 heteroatoms. The fourth-order valence-electron chi connectivity index (χ4n) is 1.90. The van der Waals surface area contributed by atoms with Gasteiger partial charge in [-0.3, -0.25) is 4.68 Å². The second-order valence-electron chi connectivity index (χ2n) is 4.25. The number of thiophene rings is 1. The summed E-state index contributed by atoms with van der Waals surface area (Å²) in [4.78, 5) is 12.8. The lowest BCUT2D eigenvalue weighted by Crippen LogP contribution is -2.30. The third-order valence-electron chi connectivity index (χ3n) is 2.73. The SMILES string of the molecule is CCOC(=O)c1cnn(C(c2cccs2)C(C)N)c1. The second kappa shape index (κ2) is 5.99. The van der Waals surface area contributed by atoms with E-state index in [1.165, 1.54) is 6.20 Å². The molecule has 0 aliphatic carbocycles. The molecule has 2 aromatic heterocycles. The summed E-state index contributed by atoms with van der Waals surface area (Å²) >= 11 is 1.63. The van der Waals surface area contributed by atoms with Crippen LogP contribution in [0.15, 0.2) is 29.9 Å². The summed E-state index contributed by atoms with van der Waals surface area (Å²) in [5.74, 6) is -0.358. The zero-order chi connectivity index (χ0) is 13.8. The van der Waals surface area contributed by atoms with Gasteiger partial charge >= 0.3 is 5.97 Å². The van der Waals surface area contributed by atoms with E-state index in [-0.39, 0.29) is 18.1 Å². The zero-order valence-corrected chi connectivity index (χ0v) is 11.8. The monoisotopic (exact) mass is 279 g/mol. The van der Waals surface area contributed by atoms with Crippen molar-refractivity contribution >= 4 is 17.3 Å². The van der Waals surface area contributed by atoms with Gasteiger partial charge < -0.3 is 10.5 Å². The van der Waals surface area contributed by atoms with Crippen molar-refractivity contribution in [3.05, 3.63) is 40.3 Å². The van der Waals surface area contributed by atoms with Crippen molar-refractivity contribution in [1.82, 2.24) is 9.78 Å². The second-order valence-corrected chi connectivity index (χ2v) is 5.23. The number of hydrogen-bond acceptors (Lipinski definition) is 5. The standard InChI is InChI=1S/C13H17N3O2S/c1-3-18-13(17)10-7-15-16(8-10)12(9(2)14)11-5-4-6-19-11/h4-9,12H,3,14H2,1-2H3. The van der Waals surface area contributed by atoms with Crippen LogP contribution in [0.25, 0.3) is 0 Å². The average molecular weight is 279 g/mol. The van der Waals surface area contributed by atoms with E-state index in [2.05, 4.69) is 5.10 Å². The highest BCUT2D eigenvalue weighted by Crippen LogP contribution is 2.25. The first kappa shape index (κ1) is 13.8. The fourth-order valence-corrected chi connectivity index (χ4v) is 2.83. The first-order valence-electron chi connectivity index (χ1n) is 6.13. The van der Waals surface area contributed by atoms with Crippen LogP contribution >= 0.6 is 11.3 Å². The Kier molecular flexibility index (Phi) is 4.34. The maximum atomic E-state index is 11.6. The van der Waals surface area contributed by atoms with Crippen molar-refractivity contribution in [2.75, 3.05) is 6.61 Å². The third-order valence-corrected chi connectivity index (χ3v) is 3.67. The molecule has 19 heavy (non-hydrogen) atoms. The minimum Gasteiger partial charge on any atom is -0.462 e. The van der Waals surface area contributed by atoms with E-state index in [4.69, 9.17) is 10.5 Å². The summed E-state index contributed by atoms with van der Waals surface area (Å²) in [5.41, 5.74) is 6.48. The summed E-state index contributed by atoms with van der Waals surface area (Å²) in [6.07, 6.45) is 3.20. The summed E-state index contributed by atoms with van der Waals surface area (Å²) in [6.45, 7) is 4.06. The van der Waals surface area contributed by atoms with Gasteiger partial charge in [-0.15, -0.1) is 11.3 Å². The van der Waals surface area contributed by atoms with Gasteiger partial charge in [0.2, 0.25) is 0 Å². The molecule has 2 unspecified atom stereocenters. The van der Waals surface area contributed by atoms with E-state index in [0.717, 1.165) is 4.88 Å². The number of hydrogen-bond donors (Lipinski definition) is 1. The molecule has 2 heterocycles. The molecule has 2 N–H and O–H groups in total. The van der Waals surface area contributed by atoms with E-state index < -0.39 is 0 Å². The normalized spacial score (nSPS) is 14.1. The van der Waals surface area contributed by atoms with Crippen molar-refractivity contribution in [2.24, 2.45) is 5.73 Å². The molecule has 0 radical (unpaired) electrons. The van der Waals surface area contributed by atoms with Crippen molar-refractivity contribution in [3.63, 3.8) is 0 Å². The molecule has 5 nitrogen and oxygen atoms in total. The number of rotatable bonds is 5. The van der Waals surface area contributed by atoms with Crippen LogP contribution < -0.4 is 5.73 Å². The Morgan fingerprint density at radius 2 is 2.42 bits per heavy atom. The number of esters is 1. The lowest BCUT2D eigenvalue weighted by atomic mass is 10.1. The van der Waals surface area contributed by atoms with Crippen LogP contribution in [0.2, 0.25) is 0 Å². The van der Waals surface area contributed by atoms with E-state index >= 15 is 0 Å². The molecular weight excluding hydrogens is 262 g/mol. The predicted molar refractivity (Wildman–Crippen MR) is 74.3 cm³/mol. The molecule has 102 valence electrons. The van der Waals surface area contributed by atoms with Gasteiger partial charge in [0, 0.05) is 17.1 Å². The molecule has 0 aromatic carbocycles. The zero-order valence-electron chi connectivity index (χ0n) is 10.9. The number of ether oxygens (including phenoxy) is 1. The third kappa shape index (κ3) is 3.02. The van der Waals surface area contributed by atoms with Crippen LogP contribution in [0, 0.1) is 0 Å². The van der Waals surface area contributed by atoms with Gasteiger partial charge in [0.1, 0.15) is 6.04 Å². The molecule has 0 saturated heterocycles. The van der Waals surface area contributed by atoms with Crippen molar-refractivity contribution in [3.8, 4) is 0 Å². The van der Waals surface area contributed by atoms with Crippen molar-refractivity contribution in [1.29, 1.82) is 0 Å². The van der Waals surface area contributed by atoms with Crippen LogP contribution in [-0.4, -0.2) is 28.4 Å². The first-order valence-corrected chi connectivity index (χ1v) is 7.01. The lowest BCUT2D eigenvalue weighted by Gasteiger charge is -2.19. The minimum atomic E-state index is -0.358. The molecule has 0 fully saturated rings. The smallest absolute Gasteiger partial charge is 0.341 e. The van der Waals surface area contributed by atoms with Crippen LogP contribution in [0.4, 0.5) is 0 Å². The van der Waals surface area contributed by atoms with Gasteiger partial charge in [0.25, 0.3) is 0 Å². The summed E-state index contributed by atoms with van der Waals surface area (Å²) in [6, 6.07) is 3.83. The molecule has 0 aliphatic heterocycles. The highest BCUT2D eigenvalue weighted by molar-refractivity contribution is 7.10. The summed E-state index contributed by atoms with van der Waals surface area (Å²) < 4.78 is 6.68. The maximum absolute atomic E-state index is 11.6. The lowest BCUT2D eigenvalue weighted by molar-refractivity contribution is 0.0526. The number of carbonyl (C=O) groups is 1. The molecule has 0 amide bonds. The van der Waals surface area contributed by atoms with E-state index in [0.29, 0.717) is 12.2 Å². The predicted octanol–water partition coefficient (Wildman–Crippen LogP) is 2.06. The Balaban J connectivity index is 2.27. The number of aromatic nitrogens is 2. The molecule has 0 saturated carbocycles. The van der Waals surface area contributed by atoms with Gasteiger partial charge in [-0.1, -0.05) is 6.07 Å². The fraction of sp³-hybridized carbons (Fsp3) is 0.385. The van der Waals surface area contributed by atoms with Crippen molar-refractivity contribution in [2.45, 2.75) is 25.9 Å². The summed E-state index contributed by atoms with van der Waals surface area (Å²) in [7, 11) is 0. The Bertz CT molecular complexity index is 534. The van der Waals surface area contributed by atoms with Gasteiger partial charge in [0.05, 0.1) is 18.4 Å². The Morgan fingerprint density at radius 3 is 3.00 bits per heavy atom. The molecule has 2 atom stereocenters. The number of carbonyl (C=O) groups excluding carboxylic acids is 1. The van der Waals surface area contributed by atoms with E-state index in [1.54, 1.807) is 29.1 Å². The van der Waals surface area contributed by atoms with Crippen LogP contribution in [0.3, 0.4) is 0 Å². The van der Waals surface area contributed by atoms with Crippen LogP contribution in [0.1, 0.15) is 35.1 Å². The van der Waals surface area contributed by atoms with Crippen LogP contribution in [0.5, 0.6) is 0 Å². The Labute approximate surface area is 116 Å². The van der Waals surface area contributed by atoms with Crippen molar-refractivity contribution < 1.29 is 9.53 Å². The topological polar surface area (TPSA) is 70.1 Å².